The van der Waals surface area contributed by atoms with E-state index in [1.165, 1.54) is 12.3 Å². The van der Waals surface area contributed by atoms with Crippen LogP contribution in [0.1, 0.15) is 17.4 Å². The van der Waals surface area contributed by atoms with E-state index in [9.17, 15) is 14.4 Å². The van der Waals surface area contributed by atoms with Crippen LogP contribution in [0.25, 0.3) is 0 Å². The van der Waals surface area contributed by atoms with E-state index < -0.39 is 23.2 Å². The van der Waals surface area contributed by atoms with Gasteiger partial charge >= 0.3 is 12.0 Å². The second-order valence-electron chi connectivity index (χ2n) is 3.30. The van der Waals surface area contributed by atoms with Gasteiger partial charge in [-0.3, -0.25) is 10.1 Å². The third kappa shape index (κ3) is 4.06. The summed E-state index contributed by atoms with van der Waals surface area (Å²) in [6.45, 7) is 1.57. The Morgan fingerprint density at radius 1 is 1.50 bits per heavy atom. The van der Waals surface area contributed by atoms with Gasteiger partial charge in [0.25, 0.3) is 0 Å². The van der Waals surface area contributed by atoms with Crippen LogP contribution in [0.5, 0.6) is 0 Å². The Morgan fingerprint density at radius 3 is 2.72 bits per heavy atom. The number of thioether (sulfide) groups is 1. The van der Waals surface area contributed by atoms with Gasteiger partial charge in [0, 0.05) is 11.1 Å². The number of aromatic nitrogens is 1. The van der Waals surface area contributed by atoms with Crippen molar-refractivity contribution in [3.05, 3.63) is 24.0 Å². The van der Waals surface area contributed by atoms with Gasteiger partial charge in [0.05, 0.1) is 5.25 Å². The minimum atomic E-state index is -1.15. The molecule has 18 heavy (non-hydrogen) atoms. The molecule has 1 heterocycles. The Morgan fingerprint density at radius 2 is 2.17 bits per heavy atom. The van der Waals surface area contributed by atoms with Gasteiger partial charge in [-0.05, 0) is 19.1 Å². The number of aromatic carboxylic acids is 1. The predicted octanol–water partition coefficient (Wildman–Crippen LogP) is 0.455. The highest BCUT2D eigenvalue weighted by Gasteiger charge is 2.16. The Kier molecular flexibility index (Phi) is 4.67. The van der Waals surface area contributed by atoms with E-state index in [1.54, 1.807) is 13.0 Å². The molecule has 4 N–H and O–H groups in total. The second kappa shape index (κ2) is 6.01. The maximum Gasteiger partial charge on any atom is 0.354 e. The SMILES string of the molecule is CC(Sc1ccnc(C(=O)O)c1)C(=O)NC(N)=O. The molecule has 0 aliphatic carbocycles. The maximum atomic E-state index is 11.4. The zero-order chi connectivity index (χ0) is 13.7. The van der Waals surface area contributed by atoms with Gasteiger partial charge in [-0.1, -0.05) is 0 Å². The molecule has 0 aromatic carbocycles. The van der Waals surface area contributed by atoms with E-state index >= 15 is 0 Å². The molecular weight excluding hydrogens is 258 g/mol. The average Bonchev–Trinajstić information content (AvgIpc) is 2.28. The number of carboxylic acids is 1. The summed E-state index contributed by atoms with van der Waals surface area (Å²) in [6.07, 6.45) is 1.34. The largest absolute Gasteiger partial charge is 0.477 e. The van der Waals surface area contributed by atoms with E-state index in [0.29, 0.717) is 4.90 Å². The summed E-state index contributed by atoms with van der Waals surface area (Å²) >= 11 is 1.10. The van der Waals surface area contributed by atoms with Gasteiger partial charge < -0.3 is 10.8 Å². The molecule has 0 spiro atoms. The average molecular weight is 269 g/mol. The fourth-order valence-corrected chi connectivity index (χ4v) is 1.98. The minimum Gasteiger partial charge on any atom is -0.477 e. The molecular formula is C10H11N3O4S. The number of hydrogen-bond acceptors (Lipinski definition) is 5. The normalized spacial score (nSPS) is 11.6. The van der Waals surface area contributed by atoms with Crippen LogP contribution in [0.2, 0.25) is 0 Å². The first kappa shape index (κ1) is 14.0. The first-order valence-corrected chi connectivity index (χ1v) is 5.74. The molecule has 0 aliphatic heterocycles. The number of amides is 3. The molecule has 0 bridgehead atoms. The van der Waals surface area contributed by atoms with E-state index in [1.807, 2.05) is 5.32 Å². The summed E-state index contributed by atoms with van der Waals surface area (Å²) in [6, 6.07) is 2.00. The van der Waals surface area contributed by atoms with Crippen LogP contribution in [0.15, 0.2) is 23.2 Å². The van der Waals surface area contributed by atoms with Crippen LogP contribution in [0, 0.1) is 0 Å². The number of rotatable bonds is 4. The van der Waals surface area contributed by atoms with E-state index in [2.05, 4.69) is 4.98 Å². The Balaban J connectivity index is 2.72. The van der Waals surface area contributed by atoms with Crippen molar-refractivity contribution in [3.63, 3.8) is 0 Å². The number of pyridine rings is 1. The quantitative estimate of drug-likeness (QED) is 0.682. The fraction of sp³-hybridized carbons (Fsp3) is 0.200. The highest BCUT2D eigenvalue weighted by molar-refractivity contribution is 8.00. The summed E-state index contributed by atoms with van der Waals surface area (Å²) in [5.74, 6) is -1.69. The number of primary amides is 1. The van der Waals surface area contributed by atoms with Gasteiger partial charge in [-0.15, -0.1) is 11.8 Å². The molecule has 1 aromatic heterocycles. The van der Waals surface area contributed by atoms with Crippen LogP contribution >= 0.6 is 11.8 Å². The lowest BCUT2D eigenvalue weighted by Crippen LogP contribution is -2.39. The number of carboxylic acid groups (broad SMARTS) is 1. The highest BCUT2D eigenvalue weighted by Crippen LogP contribution is 2.23. The summed E-state index contributed by atoms with van der Waals surface area (Å²) < 4.78 is 0. The number of carbonyl (C=O) groups excluding carboxylic acids is 2. The number of nitrogens with two attached hydrogens (primary N) is 1. The molecule has 1 unspecified atom stereocenters. The van der Waals surface area contributed by atoms with Crippen LogP contribution in [-0.2, 0) is 4.79 Å². The third-order valence-electron chi connectivity index (χ3n) is 1.88. The van der Waals surface area contributed by atoms with E-state index in [0.717, 1.165) is 11.8 Å². The molecule has 0 radical (unpaired) electrons. The lowest BCUT2D eigenvalue weighted by molar-refractivity contribution is -0.119. The smallest absolute Gasteiger partial charge is 0.354 e. The van der Waals surface area contributed by atoms with Gasteiger partial charge in [0.15, 0.2) is 0 Å². The number of carbonyl (C=O) groups is 3. The standard InChI is InChI=1S/C10H11N3O4S/c1-5(8(14)13-10(11)17)18-6-2-3-12-7(4-6)9(15)16/h2-5H,1H3,(H,15,16)(H3,11,13,14,17). The maximum absolute atomic E-state index is 11.4. The van der Waals surface area contributed by atoms with Crippen LogP contribution < -0.4 is 11.1 Å². The van der Waals surface area contributed by atoms with Crippen LogP contribution in [0.3, 0.4) is 0 Å². The van der Waals surface area contributed by atoms with Gasteiger partial charge in [0.2, 0.25) is 5.91 Å². The summed E-state index contributed by atoms with van der Waals surface area (Å²) in [5.41, 5.74) is 4.71. The monoisotopic (exact) mass is 269 g/mol. The predicted molar refractivity (Wildman–Crippen MR) is 64.2 cm³/mol. The number of hydrogen-bond donors (Lipinski definition) is 3. The van der Waals surface area contributed by atoms with Crippen LogP contribution in [-0.4, -0.2) is 33.2 Å². The summed E-state index contributed by atoms with van der Waals surface area (Å²) in [4.78, 5) is 36.8. The molecule has 0 fully saturated rings. The molecule has 1 atom stereocenters. The first-order chi connectivity index (χ1) is 8.40. The molecule has 0 aliphatic rings. The van der Waals surface area contributed by atoms with Crippen molar-refractivity contribution in [3.8, 4) is 0 Å². The molecule has 7 nitrogen and oxygen atoms in total. The highest BCUT2D eigenvalue weighted by atomic mass is 32.2. The van der Waals surface area contributed by atoms with Crippen molar-refractivity contribution in [2.45, 2.75) is 17.1 Å². The molecule has 1 aromatic rings. The van der Waals surface area contributed by atoms with Gasteiger partial charge in [-0.2, -0.15) is 0 Å². The number of nitrogens with one attached hydrogen (secondary N) is 1. The summed E-state index contributed by atoms with van der Waals surface area (Å²) in [7, 11) is 0. The van der Waals surface area contributed by atoms with Crippen molar-refractivity contribution in [1.82, 2.24) is 10.3 Å². The van der Waals surface area contributed by atoms with Crippen molar-refractivity contribution in [2.75, 3.05) is 0 Å². The van der Waals surface area contributed by atoms with E-state index in [-0.39, 0.29) is 5.69 Å². The lowest BCUT2D eigenvalue weighted by Gasteiger charge is -2.09. The number of nitrogens with zero attached hydrogens (tertiary/aromatic N) is 1. The van der Waals surface area contributed by atoms with Crippen molar-refractivity contribution in [2.24, 2.45) is 5.73 Å². The van der Waals surface area contributed by atoms with Crippen LogP contribution in [0.4, 0.5) is 4.79 Å². The molecule has 3 amide bonds. The first-order valence-electron chi connectivity index (χ1n) is 4.86. The summed E-state index contributed by atoms with van der Waals surface area (Å²) in [5, 5.41) is 10.1. The topological polar surface area (TPSA) is 122 Å². The van der Waals surface area contributed by atoms with Crippen molar-refractivity contribution >= 4 is 29.7 Å². The third-order valence-corrected chi connectivity index (χ3v) is 2.97. The van der Waals surface area contributed by atoms with Crippen molar-refractivity contribution in [1.29, 1.82) is 0 Å². The molecule has 96 valence electrons. The van der Waals surface area contributed by atoms with Gasteiger partial charge in [0.1, 0.15) is 5.69 Å². The zero-order valence-electron chi connectivity index (χ0n) is 9.41. The Labute approximate surface area is 107 Å². The molecule has 0 saturated heterocycles. The van der Waals surface area contributed by atoms with E-state index in [4.69, 9.17) is 10.8 Å². The second-order valence-corrected chi connectivity index (χ2v) is 4.71. The zero-order valence-corrected chi connectivity index (χ0v) is 10.2. The fourth-order valence-electron chi connectivity index (χ4n) is 1.08. The van der Waals surface area contributed by atoms with Crippen molar-refractivity contribution < 1.29 is 19.5 Å². The number of urea groups is 1. The minimum absolute atomic E-state index is 0.109. The molecule has 8 heteroatoms. The number of imide groups is 1. The molecule has 1 rings (SSSR count). The lowest BCUT2D eigenvalue weighted by atomic mass is 10.3. The Hall–Kier alpha value is -2.09. The van der Waals surface area contributed by atoms with Gasteiger partial charge in [-0.25, -0.2) is 14.6 Å². The Bertz CT molecular complexity index is 492. The molecule has 0 saturated carbocycles.